The van der Waals surface area contributed by atoms with Gasteiger partial charge in [-0.05, 0) is 37.0 Å². The summed E-state index contributed by atoms with van der Waals surface area (Å²) < 4.78 is 1.04. The van der Waals surface area contributed by atoms with Crippen molar-refractivity contribution in [1.29, 1.82) is 0 Å². The molecule has 0 aromatic heterocycles. The molecule has 1 aliphatic rings. The zero-order valence-corrected chi connectivity index (χ0v) is 12.9. The molecular weight excluding hydrogens is 304 g/mol. The Kier molecular flexibility index (Phi) is 4.63. The summed E-state index contributed by atoms with van der Waals surface area (Å²) in [7, 11) is 0. The molecule has 1 amide bonds. The van der Waals surface area contributed by atoms with Crippen LogP contribution in [0.2, 0.25) is 0 Å². The van der Waals surface area contributed by atoms with Gasteiger partial charge in [0.15, 0.2) is 0 Å². The van der Waals surface area contributed by atoms with Crippen LogP contribution in [0.5, 0.6) is 0 Å². The van der Waals surface area contributed by atoms with Crippen LogP contribution in [0.25, 0.3) is 0 Å². The lowest BCUT2D eigenvalue weighted by atomic mass is 9.96. The number of benzene rings is 1. The molecule has 0 bridgehead atoms. The van der Waals surface area contributed by atoms with Gasteiger partial charge in [0.25, 0.3) is 0 Å². The molecule has 0 radical (unpaired) electrons. The Bertz CT molecular complexity index is 438. The summed E-state index contributed by atoms with van der Waals surface area (Å²) in [4.78, 5) is 12.3. The van der Waals surface area contributed by atoms with Crippen molar-refractivity contribution in [2.45, 2.75) is 50.6 Å². The van der Waals surface area contributed by atoms with Crippen LogP contribution in [-0.2, 0) is 4.79 Å². The summed E-state index contributed by atoms with van der Waals surface area (Å²) in [6.45, 7) is 2.07. The second kappa shape index (κ2) is 6.06. The molecular formula is C15H21BrN2O. The SMILES string of the molecule is CCC(NC(=O)C1(N)CCCC1)c1ccc(Br)cc1. The molecule has 1 aromatic carbocycles. The van der Waals surface area contributed by atoms with Gasteiger partial charge in [-0.15, -0.1) is 0 Å². The minimum Gasteiger partial charge on any atom is -0.348 e. The maximum atomic E-state index is 12.3. The molecule has 1 saturated carbocycles. The summed E-state index contributed by atoms with van der Waals surface area (Å²) in [5.41, 5.74) is 6.66. The molecule has 4 heteroatoms. The number of carbonyl (C=O) groups excluding carboxylic acids is 1. The van der Waals surface area contributed by atoms with Crippen LogP contribution in [0, 0.1) is 0 Å². The Morgan fingerprint density at radius 1 is 1.37 bits per heavy atom. The number of nitrogens with one attached hydrogen (secondary N) is 1. The fourth-order valence-corrected chi connectivity index (χ4v) is 2.92. The molecule has 3 N–H and O–H groups in total. The van der Waals surface area contributed by atoms with E-state index in [2.05, 4.69) is 28.2 Å². The highest BCUT2D eigenvalue weighted by molar-refractivity contribution is 9.10. The number of hydrogen-bond acceptors (Lipinski definition) is 2. The Labute approximate surface area is 123 Å². The minimum absolute atomic E-state index is 0.000214. The summed E-state index contributed by atoms with van der Waals surface area (Å²) >= 11 is 3.42. The molecule has 1 atom stereocenters. The summed E-state index contributed by atoms with van der Waals surface area (Å²) in [6, 6.07) is 8.12. The molecule has 0 heterocycles. The van der Waals surface area contributed by atoms with Crippen molar-refractivity contribution in [1.82, 2.24) is 5.32 Å². The van der Waals surface area contributed by atoms with Crippen LogP contribution in [0.15, 0.2) is 28.7 Å². The quantitative estimate of drug-likeness (QED) is 0.892. The average Bonchev–Trinajstić information content (AvgIpc) is 2.85. The Hall–Kier alpha value is -0.870. The smallest absolute Gasteiger partial charge is 0.240 e. The van der Waals surface area contributed by atoms with Crippen LogP contribution < -0.4 is 11.1 Å². The first-order chi connectivity index (χ1) is 9.05. The molecule has 2 rings (SSSR count). The Morgan fingerprint density at radius 3 is 2.47 bits per heavy atom. The Morgan fingerprint density at radius 2 is 1.95 bits per heavy atom. The second-order valence-corrected chi connectivity index (χ2v) is 6.26. The van der Waals surface area contributed by atoms with Gasteiger partial charge in [0.05, 0.1) is 11.6 Å². The third-order valence-corrected chi connectivity index (χ3v) is 4.46. The zero-order valence-electron chi connectivity index (χ0n) is 11.3. The van der Waals surface area contributed by atoms with Crippen LogP contribution >= 0.6 is 15.9 Å². The summed E-state index contributed by atoms with van der Waals surface area (Å²) in [5, 5.41) is 3.11. The van der Waals surface area contributed by atoms with Gasteiger partial charge in [-0.1, -0.05) is 47.8 Å². The van der Waals surface area contributed by atoms with Crippen molar-refractivity contribution in [2.75, 3.05) is 0 Å². The maximum Gasteiger partial charge on any atom is 0.240 e. The number of hydrogen-bond donors (Lipinski definition) is 2. The van der Waals surface area contributed by atoms with Crippen LogP contribution in [0.4, 0.5) is 0 Å². The number of nitrogens with two attached hydrogens (primary N) is 1. The molecule has 1 aromatic rings. The lowest BCUT2D eigenvalue weighted by Gasteiger charge is -2.26. The maximum absolute atomic E-state index is 12.3. The average molecular weight is 325 g/mol. The van der Waals surface area contributed by atoms with Crippen molar-refractivity contribution in [3.8, 4) is 0 Å². The molecule has 0 aliphatic heterocycles. The fraction of sp³-hybridized carbons (Fsp3) is 0.533. The highest BCUT2D eigenvalue weighted by atomic mass is 79.9. The first-order valence-electron chi connectivity index (χ1n) is 6.90. The van der Waals surface area contributed by atoms with E-state index >= 15 is 0 Å². The topological polar surface area (TPSA) is 55.1 Å². The van der Waals surface area contributed by atoms with Crippen molar-refractivity contribution in [3.63, 3.8) is 0 Å². The number of halogens is 1. The van der Waals surface area contributed by atoms with Gasteiger partial charge in [0.1, 0.15) is 0 Å². The first-order valence-corrected chi connectivity index (χ1v) is 7.70. The van der Waals surface area contributed by atoms with Crippen LogP contribution in [0.1, 0.15) is 50.6 Å². The van der Waals surface area contributed by atoms with Crippen molar-refractivity contribution in [2.24, 2.45) is 5.73 Å². The second-order valence-electron chi connectivity index (χ2n) is 5.35. The molecule has 3 nitrogen and oxygen atoms in total. The van der Waals surface area contributed by atoms with E-state index in [4.69, 9.17) is 5.73 Å². The van der Waals surface area contributed by atoms with Gasteiger partial charge in [-0.2, -0.15) is 0 Å². The van der Waals surface area contributed by atoms with E-state index in [1.165, 1.54) is 0 Å². The third-order valence-electron chi connectivity index (χ3n) is 3.93. The number of carbonyl (C=O) groups is 1. The monoisotopic (exact) mass is 324 g/mol. The third kappa shape index (κ3) is 3.37. The largest absolute Gasteiger partial charge is 0.348 e. The van der Waals surface area contributed by atoms with E-state index in [1.54, 1.807) is 0 Å². The first kappa shape index (κ1) is 14.5. The fourth-order valence-electron chi connectivity index (χ4n) is 2.65. The lowest BCUT2D eigenvalue weighted by Crippen LogP contribution is -2.52. The molecule has 19 heavy (non-hydrogen) atoms. The predicted octanol–water partition coefficient (Wildman–Crippen LogP) is 3.29. The van der Waals surface area contributed by atoms with Gasteiger partial charge < -0.3 is 11.1 Å². The molecule has 0 spiro atoms. The van der Waals surface area contributed by atoms with Gasteiger partial charge in [0, 0.05) is 4.47 Å². The highest BCUT2D eigenvalue weighted by Gasteiger charge is 2.37. The molecule has 1 fully saturated rings. The van der Waals surface area contributed by atoms with Gasteiger partial charge >= 0.3 is 0 Å². The minimum atomic E-state index is -0.650. The normalized spacial score (nSPS) is 19.1. The van der Waals surface area contributed by atoms with E-state index in [0.29, 0.717) is 0 Å². The van der Waals surface area contributed by atoms with Crippen LogP contribution in [0.3, 0.4) is 0 Å². The molecule has 1 unspecified atom stereocenters. The van der Waals surface area contributed by atoms with E-state index in [0.717, 1.165) is 42.1 Å². The standard InChI is InChI=1S/C15H21BrN2O/c1-2-13(11-5-7-12(16)8-6-11)18-14(19)15(17)9-3-4-10-15/h5-8,13H,2-4,9-10,17H2,1H3,(H,18,19). The van der Waals surface area contributed by atoms with Gasteiger partial charge in [-0.25, -0.2) is 0 Å². The van der Waals surface area contributed by atoms with Gasteiger partial charge in [0.2, 0.25) is 5.91 Å². The van der Waals surface area contributed by atoms with Crippen molar-refractivity contribution < 1.29 is 4.79 Å². The van der Waals surface area contributed by atoms with E-state index in [-0.39, 0.29) is 11.9 Å². The number of rotatable bonds is 4. The van der Waals surface area contributed by atoms with Gasteiger partial charge in [-0.3, -0.25) is 4.79 Å². The van der Waals surface area contributed by atoms with Crippen LogP contribution in [-0.4, -0.2) is 11.4 Å². The van der Waals surface area contributed by atoms with E-state index < -0.39 is 5.54 Å². The van der Waals surface area contributed by atoms with Crippen molar-refractivity contribution >= 4 is 21.8 Å². The van der Waals surface area contributed by atoms with E-state index in [1.807, 2.05) is 24.3 Å². The molecule has 0 saturated heterocycles. The number of amides is 1. The van der Waals surface area contributed by atoms with E-state index in [9.17, 15) is 4.79 Å². The summed E-state index contributed by atoms with van der Waals surface area (Å²) in [5.74, 6) is -0.000214. The summed E-state index contributed by atoms with van der Waals surface area (Å²) in [6.07, 6.45) is 4.58. The predicted molar refractivity (Wildman–Crippen MR) is 80.7 cm³/mol. The Balaban J connectivity index is 2.06. The molecule has 1 aliphatic carbocycles. The molecule has 104 valence electrons. The lowest BCUT2D eigenvalue weighted by molar-refractivity contribution is -0.127. The van der Waals surface area contributed by atoms with Crippen molar-refractivity contribution in [3.05, 3.63) is 34.3 Å². The zero-order chi connectivity index (χ0) is 13.9. The highest BCUT2D eigenvalue weighted by Crippen LogP contribution is 2.28.